The number of nitrogens with zero attached hydrogens (tertiary/aromatic N) is 2. The molecular weight excluding hydrogens is 372 g/mol. The molecule has 2 aliphatic rings. The van der Waals surface area contributed by atoms with E-state index in [1.165, 1.54) is 6.26 Å². The fraction of sp³-hybridized carbons (Fsp3) is 0.182. The quantitative estimate of drug-likeness (QED) is 0.630. The second-order valence-electron chi connectivity index (χ2n) is 7.31. The van der Waals surface area contributed by atoms with Gasteiger partial charge in [0.25, 0.3) is 5.91 Å². The van der Waals surface area contributed by atoms with Gasteiger partial charge in [0.05, 0.1) is 16.6 Å². The van der Waals surface area contributed by atoms with Crippen molar-refractivity contribution in [2.75, 3.05) is 4.90 Å². The summed E-state index contributed by atoms with van der Waals surface area (Å²) in [6.45, 7) is 3.82. The summed E-state index contributed by atoms with van der Waals surface area (Å²) in [7, 11) is 0. The van der Waals surface area contributed by atoms with Crippen molar-refractivity contribution >= 4 is 34.2 Å². The minimum Gasteiger partial charge on any atom is -0.463 e. The number of imide groups is 1. The van der Waals surface area contributed by atoms with Crippen LogP contribution in [0.1, 0.15) is 16.7 Å². The molecule has 5 rings (SSSR count). The minimum absolute atomic E-state index is 0.124. The van der Waals surface area contributed by atoms with Crippen LogP contribution < -0.4 is 10.3 Å². The number of hydrogen-bond donors (Lipinski definition) is 0. The van der Waals surface area contributed by atoms with Crippen LogP contribution in [-0.2, 0) is 14.4 Å². The van der Waals surface area contributed by atoms with Crippen molar-refractivity contribution in [1.29, 1.82) is 0 Å². The zero-order valence-electron chi connectivity index (χ0n) is 15.7. The Morgan fingerprint density at radius 1 is 0.931 bits per heavy atom. The number of fused-ring (bicyclic) bond motifs is 2. The molecule has 7 nitrogen and oxygen atoms in total. The van der Waals surface area contributed by atoms with Crippen LogP contribution in [0.5, 0.6) is 0 Å². The number of aryl methyl sites for hydroxylation is 2. The van der Waals surface area contributed by atoms with Crippen molar-refractivity contribution in [3.05, 3.63) is 75.6 Å². The van der Waals surface area contributed by atoms with Gasteiger partial charge in [-0.25, -0.2) is 4.90 Å². The number of anilines is 1. The molecule has 0 bridgehead atoms. The van der Waals surface area contributed by atoms with Crippen molar-refractivity contribution in [3.63, 3.8) is 0 Å². The van der Waals surface area contributed by atoms with Crippen molar-refractivity contribution in [2.45, 2.75) is 20.0 Å². The average Bonchev–Trinajstić information content (AvgIpc) is 3.23. The maximum Gasteiger partial charge on any atom is 0.278 e. The van der Waals surface area contributed by atoms with E-state index in [-0.39, 0.29) is 16.7 Å². The molecule has 0 aliphatic carbocycles. The normalized spacial score (nSPS) is 20.8. The number of oxime groups is 1. The molecule has 0 spiro atoms. The van der Waals surface area contributed by atoms with Crippen molar-refractivity contribution in [2.24, 2.45) is 11.1 Å². The zero-order valence-corrected chi connectivity index (χ0v) is 15.7. The molecule has 3 aromatic rings. The summed E-state index contributed by atoms with van der Waals surface area (Å²) in [5.74, 6) is -1.94. The van der Waals surface area contributed by atoms with Gasteiger partial charge in [0.2, 0.25) is 17.4 Å². The Bertz CT molecular complexity index is 1270. The van der Waals surface area contributed by atoms with Gasteiger partial charge in [0, 0.05) is 0 Å². The van der Waals surface area contributed by atoms with Gasteiger partial charge >= 0.3 is 0 Å². The monoisotopic (exact) mass is 388 g/mol. The van der Waals surface area contributed by atoms with Gasteiger partial charge < -0.3 is 9.25 Å². The highest BCUT2D eigenvalue weighted by Crippen LogP contribution is 2.35. The first kappa shape index (κ1) is 17.4. The SMILES string of the molecule is Cc1ccc(N2C(=O)C3ON=C(c4coc5cc(C)ccc5c4=O)C3C2=O)cc1. The molecule has 0 saturated carbocycles. The fourth-order valence-corrected chi connectivity index (χ4v) is 3.76. The van der Waals surface area contributed by atoms with Crippen LogP contribution in [-0.4, -0.2) is 23.6 Å². The molecule has 2 aliphatic heterocycles. The summed E-state index contributed by atoms with van der Waals surface area (Å²) >= 11 is 0. The highest BCUT2D eigenvalue weighted by molar-refractivity contribution is 6.32. The Balaban J connectivity index is 1.57. The average molecular weight is 388 g/mol. The van der Waals surface area contributed by atoms with E-state index in [0.717, 1.165) is 16.0 Å². The summed E-state index contributed by atoms with van der Waals surface area (Å²) in [4.78, 5) is 45.3. The molecule has 3 heterocycles. The molecule has 144 valence electrons. The molecule has 1 aromatic heterocycles. The molecule has 2 atom stereocenters. The molecular formula is C22H16N2O5. The summed E-state index contributed by atoms with van der Waals surface area (Å²) in [6, 6.07) is 12.3. The number of hydrogen-bond acceptors (Lipinski definition) is 6. The molecule has 29 heavy (non-hydrogen) atoms. The summed E-state index contributed by atoms with van der Waals surface area (Å²) < 4.78 is 5.61. The maximum absolute atomic E-state index is 13.1. The van der Waals surface area contributed by atoms with Gasteiger partial charge in [-0.1, -0.05) is 28.9 Å². The first-order valence-corrected chi connectivity index (χ1v) is 9.16. The Labute approximate surface area is 165 Å². The molecule has 2 aromatic carbocycles. The second kappa shape index (κ2) is 6.13. The number of carbonyl (C=O) groups is 2. The van der Waals surface area contributed by atoms with E-state index in [1.807, 2.05) is 32.0 Å². The van der Waals surface area contributed by atoms with Crippen LogP contribution in [0.3, 0.4) is 0 Å². The highest BCUT2D eigenvalue weighted by Gasteiger charge is 2.56. The Hall–Kier alpha value is -3.74. The van der Waals surface area contributed by atoms with Crippen LogP contribution in [0.15, 0.2) is 63.1 Å². The van der Waals surface area contributed by atoms with Crippen LogP contribution in [0.2, 0.25) is 0 Å². The van der Waals surface area contributed by atoms with E-state index >= 15 is 0 Å². The van der Waals surface area contributed by atoms with Crippen LogP contribution >= 0.6 is 0 Å². The van der Waals surface area contributed by atoms with Gasteiger partial charge in [0.15, 0.2) is 0 Å². The van der Waals surface area contributed by atoms with Crippen LogP contribution in [0.4, 0.5) is 5.69 Å². The number of amides is 2. The third-order valence-corrected chi connectivity index (χ3v) is 5.31. The van der Waals surface area contributed by atoms with Gasteiger partial charge in [0.1, 0.15) is 23.5 Å². The van der Waals surface area contributed by atoms with Crippen LogP contribution in [0.25, 0.3) is 11.0 Å². The lowest BCUT2D eigenvalue weighted by atomic mass is 9.94. The van der Waals surface area contributed by atoms with Crippen molar-refractivity contribution in [3.8, 4) is 0 Å². The van der Waals surface area contributed by atoms with E-state index in [9.17, 15) is 14.4 Å². The Kier molecular flexibility index (Phi) is 3.67. The summed E-state index contributed by atoms with van der Waals surface area (Å²) in [5, 5.41) is 4.29. The molecule has 7 heteroatoms. The third kappa shape index (κ3) is 2.51. The lowest BCUT2D eigenvalue weighted by molar-refractivity contribution is -0.126. The van der Waals surface area contributed by atoms with E-state index < -0.39 is 23.8 Å². The lowest BCUT2D eigenvalue weighted by Crippen LogP contribution is -2.33. The van der Waals surface area contributed by atoms with Gasteiger partial charge in [-0.2, -0.15) is 0 Å². The molecule has 1 fully saturated rings. The van der Waals surface area contributed by atoms with E-state index in [2.05, 4.69) is 5.16 Å². The zero-order chi connectivity index (χ0) is 20.3. The van der Waals surface area contributed by atoms with E-state index in [1.54, 1.807) is 24.3 Å². The maximum atomic E-state index is 13.1. The summed E-state index contributed by atoms with van der Waals surface area (Å²) in [6.07, 6.45) is 0.202. The molecule has 1 saturated heterocycles. The van der Waals surface area contributed by atoms with Gasteiger partial charge in [-0.05, 0) is 43.7 Å². The van der Waals surface area contributed by atoms with Crippen molar-refractivity contribution < 1.29 is 18.8 Å². The van der Waals surface area contributed by atoms with E-state index in [4.69, 9.17) is 9.25 Å². The summed E-state index contributed by atoms with van der Waals surface area (Å²) in [5.41, 5.74) is 2.81. The number of carbonyl (C=O) groups excluding carboxylic acids is 2. The second-order valence-corrected chi connectivity index (χ2v) is 7.31. The topological polar surface area (TPSA) is 89.2 Å². The van der Waals surface area contributed by atoms with Crippen LogP contribution in [0, 0.1) is 19.8 Å². The standard InChI is InChI=1S/C22H16N2O5/c1-11-3-6-13(7-4-11)24-21(26)17-18(23-29-20(17)22(24)27)15-10-28-16-9-12(2)5-8-14(16)19(15)25/h3-10,17,20H,1-2H3. The van der Waals surface area contributed by atoms with Crippen molar-refractivity contribution in [1.82, 2.24) is 0 Å². The first-order chi connectivity index (χ1) is 14.0. The molecule has 0 radical (unpaired) electrons. The molecule has 2 amide bonds. The highest BCUT2D eigenvalue weighted by atomic mass is 16.6. The number of rotatable bonds is 2. The number of benzene rings is 2. The molecule has 2 unspecified atom stereocenters. The Morgan fingerprint density at radius 3 is 2.41 bits per heavy atom. The smallest absolute Gasteiger partial charge is 0.278 e. The van der Waals surface area contributed by atoms with Gasteiger partial charge in [-0.15, -0.1) is 0 Å². The third-order valence-electron chi connectivity index (χ3n) is 5.31. The first-order valence-electron chi connectivity index (χ1n) is 9.16. The predicted octanol–water partition coefficient (Wildman–Crippen LogP) is 2.70. The van der Waals surface area contributed by atoms with E-state index in [0.29, 0.717) is 16.7 Å². The largest absolute Gasteiger partial charge is 0.463 e. The Morgan fingerprint density at radius 2 is 1.66 bits per heavy atom. The molecule has 0 N–H and O–H groups in total. The van der Waals surface area contributed by atoms with Gasteiger partial charge in [-0.3, -0.25) is 14.4 Å². The minimum atomic E-state index is -1.08. The fourth-order valence-electron chi connectivity index (χ4n) is 3.76. The lowest BCUT2D eigenvalue weighted by Gasteiger charge is -2.15. The predicted molar refractivity (Wildman–Crippen MR) is 106 cm³/mol.